The minimum Gasteiger partial charge on any atom is -0.508 e. The van der Waals surface area contributed by atoms with Crippen molar-refractivity contribution in [2.75, 3.05) is 45.7 Å². The average Bonchev–Trinajstić information content (AvgIpc) is 2.94. The zero-order chi connectivity index (χ0) is 29.4. The molecular formula is C31H34ClNO8S. The van der Waals surface area contributed by atoms with E-state index in [9.17, 15) is 18.3 Å². The Balaban J connectivity index is 0.00000484. The number of sulfone groups is 1. The van der Waals surface area contributed by atoms with Crippen LogP contribution in [0.25, 0.3) is 21.9 Å². The van der Waals surface area contributed by atoms with Gasteiger partial charge in [0, 0.05) is 30.3 Å². The van der Waals surface area contributed by atoms with E-state index < -0.39 is 15.8 Å². The number of aromatic hydroxyl groups is 1. The monoisotopic (exact) mass is 615 g/mol. The first-order chi connectivity index (χ1) is 19.6. The number of halogens is 1. The molecule has 0 fully saturated rings. The molecule has 0 spiro atoms. The van der Waals surface area contributed by atoms with E-state index in [2.05, 4.69) is 4.90 Å². The lowest BCUT2D eigenvalue weighted by Crippen LogP contribution is -2.32. The fraction of sp³-hybridized carbons (Fsp3) is 0.258. The van der Waals surface area contributed by atoms with Crippen molar-refractivity contribution >= 4 is 39.0 Å². The highest BCUT2D eigenvalue weighted by molar-refractivity contribution is 7.90. The SMILES string of the molecule is CCN(CCOCC(=O)O)CCOc1ccc(Oc2c(-c3ccc(S(C)(=O)=O)cc3)ccc3cc(O)ccc23)cc1.Cl. The molecule has 4 rings (SSSR count). The predicted molar refractivity (Wildman–Crippen MR) is 164 cm³/mol. The Labute approximate surface area is 251 Å². The zero-order valence-electron chi connectivity index (χ0n) is 23.4. The van der Waals surface area contributed by atoms with Crippen LogP contribution in [-0.2, 0) is 19.4 Å². The fourth-order valence-electron chi connectivity index (χ4n) is 4.30. The minimum atomic E-state index is -3.32. The Morgan fingerprint density at radius 2 is 1.55 bits per heavy atom. The maximum absolute atomic E-state index is 11.9. The third-order valence-corrected chi connectivity index (χ3v) is 7.62. The third kappa shape index (κ3) is 8.83. The van der Waals surface area contributed by atoms with Gasteiger partial charge in [-0.1, -0.05) is 25.1 Å². The van der Waals surface area contributed by atoms with E-state index >= 15 is 0 Å². The van der Waals surface area contributed by atoms with E-state index in [-0.39, 0.29) is 29.7 Å². The average molecular weight is 616 g/mol. The van der Waals surface area contributed by atoms with Crippen LogP contribution in [0, 0.1) is 0 Å². The summed E-state index contributed by atoms with van der Waals surface area (Å²) in [5.41, 5.74) is 1.56. The highest BCUT2D eigenvalue weighted by Crippen LogP contribution is 2.41. The lowest BCUT2D eigenvalue weighted by atomic mass is 9.99. The van der Waals surface area contributed by atoms with E-state index in [1.807, 2.05) is 43.3 Å². The van der Waals surface area contributed by atoms with Gasteiger partial charge in [0.1, 0.15) is 36.2 Å². The fourth-order valence-corrected chi connectivity index (χ4v) is 4.93. The number of benzene rings is 4. The smallest absolute Gasteiger partial charge is 0.329 e. The van der Waals surface area contributed by atoms with E-state index in [1.54, 1.807) is 42.5 Å². The molecule has 0 atom stereocenters. The number of ether oxygens (including phenoxy) is 3. The standard InChI is InChI=1S/C31H33NO8S.ClH/c1-3-32(16-18-38-21-30(34)35)17-19-39-25-8-10-26(11-9-25)40-31-28(14-6-23-20-24(33)7-15-29(23)31)22-4-12-27(13-5-22)41(2,36)37;/h4-15,20,33H,3,16-19,21H2,1-2H3,(H,34,35);1H. The van der Waals surface area contributed by atoms with Crippen molar-refractivity contribution in [3.8, 4) is 34.1 Å². The number of aliphatic carboxylic acids is 1. The number of nitrogens with zero attached hydrogens (tertiary/aromatic N) is 1. The first kappa shape index (κ1) is 32.7. The molecule has 42 heavy (non-hydrogen) atoms. The number of carboxylic acid groups (broad SMARTS) is 1. The summed E-state index contributed by atoms with van der Waals surface area (Å²) in [4.78, 5) is 12.9. The number of likely N-dealkylation sites (N-methyl/N-ethyl adjacent to an activating group) is 1. The molecule has 0 bridgehead atoms. The predicted octanol–water partition coefficient (Wildman–Crippen LogP) is 5.63. The molecule has 0 radical (unpaired) electrons. The topological polar surface area (TPSA) is 123 Å². The Hall–Kier alpha value is -3.83. The molecule has 4 aromatic rings. The van der Waals surface area contributed by atoms with Gasteiger partial charge in [0.05, 0.1) is 11.5 Å². The highest BCUT2D eigenvalue weighted by atomic mass is 35.5. The van der Waals surface area contributed by atoms with Crippen LogP contribution in [0.15, 0.2) is 83.8 Å². The second-order valence-corrected chi connectivity index (χ2v) is 11.5. The normalized spacial score (nSPS) is 11.3. The number of hydrogen-bond donors (Lipinski definition) is 2. The van der Waals surface area contributed by atoms with Gasteiger partial charge >= 0.3 is 5.97 Å². The van der Waals surface area contributed by atoms with Gasteiger partial charge in [0.25, 0.3) is 0 Å². The zero-order valence-corrected chi connectivity index (χ0v) is 25.0. The maximum Gasteiger partial charge on any atom is 0.329 e. The van der Waals surface area contributed by atoms with E-state index in [4.69, 9.17) is 19.3 Å². The summed E-state index contributed by atoms with van der Waals surface area (Å²) in [6, 6.07) is 22.7. The van der Waals surface area contributed by atoms with Gasteiger partial charge in [-0.2, -0.15) is 0 Å². The Kier molecular flexibility index (Phi) is 11.6. The molecular weight excluding hydrogens is 582 g/mol. The van der Waals surface area contributed by atoms with Crippen LogP contribution >= 0.6 is 12.4 Å². The van der Waals surface area contributed by atoms with Crippen molar-refractivity contribution in [3.05, 3.63) is 78.9 Å². The van der Waals surface area contributed by atoms with Crippen LogP contribution in [0.2, 0.25) is 0 Å². The van der Waals surface area contributed by atoms with Crippen molar-refractivity contribution in [2.45, 2.75) is 11.8 Å². The number of phenolic OH excluding ortho intramolecular Hbond substituents is 1. The lowest BCUT2D eigenvalue weighted by Gasteiger charge is -2.20. The summed E-state index contributed by atoms with van der Waals surface area (Å²) < 4.78 is 41.2. The van der Waals surface area contributed by atoms with Crippen LogP contribution in [0.5, 0.6) is 23.0 Å². The number of hydrogen-bond acceptors (Lipinski definition) is 8. The molecule has 4 aromatic carbocycles. The highest BCUT2D eigenvalue weighted by Gasteiger charge is 2.15. The first-order valence-electron chi connectivity index (χ1n) is 13.1. The van der Waals surface area contributed by atoms with Gasteiger partial charge in [-0.3, -0.25) is 4.90 Å². The Morgan fingerprint density at radius 3 is 2.19 bits per heavy atom. The van der Waals surface area contributed by atoms with Crippen LogP contribution in [-0.4, -0.2) is 75.2 Å². The Bertz CT molecular complexity index is 1590. The molecule has 9 nitrogen and oxygen atoms in total. The molecule has 0 unspecified atom stereocenters. The van der Waals surface area contributed by atoms with Crippen molar-refractivity contribution in [1.82, 2.24) is 4.90 Å². The summed E-state index contributed by atoms with van der Waals surface area (Å²) in [7, 11) is -3.32. The maximum atomic E-state index is 11.9. The van der Waals surface area contributed by atoms with E-state index in [0.29, 0.717) is 43.6 Å². The molecule has 0 amide bonds. The Morgan fingerprint density at radius 1 is 0.881 bits per heavy atom. The third-order valence-electron chi connectivity index (χ3n) is 6.49. The van der Waals surface area contributed by atoms with E-state index in [1.165, 1.54) is 6.26 Å². The summed E-state index contributed by atoms with van der Waals surface area (Å²) in [6.45, 7) is 4.57. The summed E-state index contributed by atoms with van der Waals surface area (Å²) in [5, 5.41) is 20.2. The van der Waals surface area contributed by atoms with Gasteiger partial charge in [-0.15, -0.1) is 12.4 Å². The van der Waals surface area contributed by atoms with Crippen LogP contribution in [0.1, 0.15) is 6.92 Å². The number of carbonyl (C=O) groups is 1. The second-order valence-electron chi connectivity index (χ2n) is 9.45. The summed E-state index contributed by atoms with van der Waals surface area (Å²) >= 11 is 0. The molecule has 0 saturated carbocycles. The molecule has 0 heterocycles. The summed E-state index contributed by atoms with van der Waals surface area (Å²) in [6.07, 6.45) is 1.17. The molecule has 0 saturated heterocycles. The van der Waals surface area contributed by atoms with Crippen molar-refractivity contribution < 1.29 is 37.6 Å². The van der Waals surface area contributed by atoms with Crippen molar-refractivity contribution in [2.24, 2.45) is 0 Å². The van der Waals surface area contributed by atoms with Gasteiger partial charge in [-0.05, 0) is 78.2 Å². The van der Waals surface area contributed by atoms with Gasteiger partial charge in [0.15, 0.2) is 9.84 Å². The second kappa shape index (κ2) is 14.9. The minimum absolute atomic E-state index is 0. The first-order valence-corrected chi connectivity index (χ1v) is 15.0. The molecule has 0 aromatic heterocycles. The molecule has 2 N–H and O–H groups in total. The number of phenols is 1. The molecule has 224 valence electrons. The van der Waals surface area contributed by atoms with Crippen LogP contribution < -0.4 is 9.47 Å². The van der Waals surface area contributed by atoms with Gasteiger partial charge < -0.3 is 24.4 Å². The molecule has 0 aliphatic carbocycles. The van der Waals surface area contributed by atoms with Gasteiger partial charge in [-0.25, -0.2) is 13.2 Å². The largest absolute Gasteiger partial charge is 0.508 e. The quantitative estimate of drug-likeness (QED) is 0.174. The molecule has 0 aliphatic rings. The van der Waals surface area contributed by atoms with Crippen molar-refractivity contribution in [3.63, 3.8) is 0 Å². The summed E-state index contributed by atoms with van der Waals surface area (Å²) in [5.74, 6) is 0.993. The molecule has 0 aliphatic heterocycles. The number of fused-ring (bicyclic) bond motifs is 1. The lowest BCUT2D eigenvalue weighted by molar-refractivity contribution is -0.142. The van der Waals surface area contributed by atoms with Crippen LogP contribution in [0.3, 0.4) is 0 Å². The van der Waals surface area contributed by atoms with Gasteiger partial charge in [0.2, 0.25) is 0 Å². The van der Waals surface area contributed by atoms with E-state index in [0.717, 1.165) is 28.4 Å². The van der Waals surface area contributed by atoms with Crippen LogP contribution in [0.4, 0.5) is 0 Å². The molecule has 11 heteroatoms. The van der Waals surface area contributed by atoms with Crippen molar-refractivity contribution in [1.29, 1.82) is 0 Å². The number of carboxylic acids is 1. The number of rotatable bonds is 14.